The molecule has 2 nitrogen and oxygen atoms in total. The van der Waals surface area contributed by atoms with Crippen molar-refractivity contribution in [3.05, 3.63) is 89.2 Å². The van der Waals surface area contributed by atoms with E-state index in [4.69, 9.17) is 27.9 Å². The topological polar surface area (TPSA) is 21.3 Å². The van der Waals surface area contributed by atoms with E-state index < -0.39 is 0 Å². The first-order valence-electron chi connectivity index (χ1n) is 7.96. The van der Waals surface area contributed by atoms with E-state index in [2.05, 4.69) is 53.1 Å². The fourth-order valence-electron chi connectivity index (χ4n) is 2.41. The number of hydrogen-bond acceptors (Lipinski definition) is 2. The van der Waals surface area contributed by atoms with Gasteiger partial charge in [0.2, 0.25) is 0 Å². The van der Waals surface area contributed by atoms with Gasteiger partial charge in [0.15, 0.2) is 0 Å². The Hall–Kier alpha value is -0.720. The van der Waals surface area contributed by atoms with Gasteiger partial charge in [0.1, 0.15) is 12.4 Å². The van der Waals surface area contributed by atoms with Crippen LogP contribution in [-0.4, -0.2) is 0 Å². The quantitative estimate of drug-likeness (QED) is 0.309. The van der Waals surface area contributed by atoms with Gasteiger partial charge in [-0.1, -0.05) is 45.2 Å². The number of ether oxygens (including phenoxy) is 1. The van der Waals surface area contributed by atoms with Gasteiger partial charge in [-0.3, -0.25) is 0 Å². The normalized spacial score (nSPS) is 10.7. The number of halogens is 5. The molecule has 0 saturated carbocycles. The molecule has 0 radical (unpaired) electrons. The van der Waals surface area contributed by atoms with Crippen molar-refractivity contribution >= 4 is 76.7 Å². The van der Waals surface area contributed by atoms with Crippen LogP contribution in [-0.2, 0) is 13.2 Å². The van der Waals surface area contributed by atoms with Crippen LogP contribution in [0.25, 0.3) is 0 Å². The van der Waals surface area contributed by atoms with Gasteiger partial charge < -0.3 is 10.1 Å². The van der Waals surface area contributed by atoms with Crippen molar-refractivity contribution in [3.63, 3.8) is 0 Å². The maximum atomic E-state index is 6.21. The molecule has 27 heavy (non-hydrogen) atoms. The second kappa shape index (κ2) is 9.66. The van der Waals surface area contributed by atoms with Crippen molar-refractivity contribution in [2.24, 2.45) is 0 Å². The van der Waals surface area contributed by atoms with Crippen molar-refractivity contribution in [2.45, 2.75) is 13.2 Å². The molecule has 0 aliphatic rings. The Morgan fingerprint density at radius 3 is 2.15 bits per heavy atom. The lowest BCUT2D eigenvalue weighted by atomic mass is 10.2. The van der Waals surface area contributed by atoms with Crippen molar-refractivity contribution in [3.8, 4) is 5.75 Å². The zero-order valence-corrected chi connectivity index (χ0v) is 20.2. The number of hydrogen-bond donors (Lipinski definition) is 1. The molecule has 0 aliphatic carbocycles. The maximum absolute atomic E-state index is 6.21. The third-order valence-electron chi connectivity index (χ3n) is 3.79. The molecule has 3 aromatic carbocycles. The molecule has 1 N–H and O–H groups in total. The highest BCUT2D eigenvalue weighted by Gasteiger charge is 2.11. The molecule has 0 heterocycles. The van der Waals surface area contributed by atoms with Gasteiger partial charge in [-0.15, -0.1) is 0 Å². The minimum Gasteiger partial charge on any atom is -0.486 e. The van der Waals surface area contributed by atoms with Crippen molar-refractivity contribution in [2.75, 3.05) is 5.32 Å². The molecule has 0 saturated heterocycles. The number of benzene rings is 3. The number of anilines is 1. The minimum atomic E-state index is 0.351. The van der Waals surface area contributed by atoms with Gasteiger partial charge in [0.05, 0.1) is 8.95 Å². The SMILES string of the molecule is Clc1ccc(COc2c(Br)cc(CNc3ccc(Br)cc3)cc2Br)c(Cl)c1. The molecule has 7 heteroatoms. The van der Waals surface area contributed by atoms with Crippen molar-refractivity contribution in [1.82, 2.24) is 0 Å². The van der Waals surface area contributed by atoms with E-state index >= 15 is 0 Å². The van der Waals surface area contributed by atoms with Crippen LogP contribution in [0.3, 0.4) is 0 Å². The molecule has 0 spiro atoms. The lowest BCUT2D eigenvalue weighted by molar-refractivity contribution is 0.302. The summed E-state index contributed by atoms with van der Waals surface area (Å²) >= 11 is 22.8. The molecule has 0 amide bonds. The molecule has 0 unspecified atom stereocenters. The maximum Gasteiger partial charge on any atom is 0.148 e. The van der Waals surface area contributed by atoms with Gasteiger partial charge in [0, 0.05) is 32.3 Å². The van der Waals surface area contributed by atoms with Crippen LogP contribution in [0.2, 0.25) is 10.0 Å². The summed E-state index contributed by atoms with van der Waals surface area (Å²) in [5, 5.41) is 4.59. The summed E-state index contributed by atoms with van der Waals surface area (Å²) in [7, 11) is 0. The molecule has 3 rings (SSSR count). The molecule has 0 aliphatic heterocycles. The van der Waals surface area contributed by atoms with Crippen LogP contribution in [0.4, 0.5) is 5.69 Å². The van der Waals surface area contributed by atoms with Gasteiger partial charge in [0.25, 0.3) is 0 Å². The van der Waals surface area contributed by atoms with Crippen molar-refractivity contribution in [1.29, 1.82) is 0 Å². The van der Waals surface area contributed by atoms with Gasteiger partial charge in [-0.2, -0.15) is 0 Å². The molecular weight excluding hydrogens is 581 g/mol. The van der Waals surface area contributed by atoms with Crippen LogP contribution in [0.15, 0.2) is 68.0 Å². The van der Waals surface area contributed by atoms with Crippen LogP contribution >= 0.6 is 71.0 Å². The second-order valence-electron chi connectivity index (χ2n) is 5.77. The van der Waals surface area contributed by atoms with Crippen LogP contribution < -0.4 is 10.1 Å². The lowest BCUT2D eigenvalue weighted by Gasteiger charge is -2.14. The molecular formula is C20H14Br3Cl2NO. The van der Waals surface area contributed by atoms with E-state index in [0.29, 0.717) is 23.2 Å². The molecule has 0 aromatic heterocycles. The smallest absolute Gasteiger partial charge is 0.148 e. The highest BCUT2D eigenvalue weighted by molar-refractivity contribution is 9.11. The standard InChI is InChI=1S/C20H14Br3Cl2NO/c21-14-2-5-16(6-3-14)26-10-12-7-17(22)20(18(23)8-12)27-11-13-1-4-15(24)9-19(13)25/h1-9,26H,10-11H2. The van der Waals surface area contributed by atoms with E-state index in [0.717, 1.165) is 36.0 Å². The van der Waals surface area contributed by atoms with Crippen LogP contribution in [0, 0.1) is 0 Å². The monoisotopic (exact) mass is 591 g/mol. The third-order valence-corrected chi connectivity index (χ3v) is 6.08. The fraction of sp³-hybridized carbons (Fsp3) is 0.100. The van der Waals surface area contributed by atoms with Gasteiger partial charge >= 0.3 is 0 Å². The molecule has 3 aromatic rings. The Labute approximate surface area is 193 Å². The molecule has 0 bridgehead atoms. The predicted octanol–water partition coefficient (Wildman–Crippen LogP) is 8.47. The second-order valence-corrected chi connectivity index (χ2v) is 9.24. The van der Waals surface area contributed by atoms with Crippen LogP contribution in [0.1, 0.15) is 11.1 Å². The Morgan fingerprint density at radius 2 is 1.52 bits per heavy atom. The zero-order valence-electron chi connectivity index (χ0n) is 13.9. The fourth-order valence-corrected chi connectivity index (χ4v) is 4.65. The summed E-state index contributed by atoms with van der Waals surface area (Å²) in [6.45, 7) is 1.05. The van der Waals surface area contributed by atoms with E-state index in [-0.39, 0.29) is 0 Å². The number of rotatable bonds is 6. The average molecular weight is 595 g/mol. The van der Waals surface area contributed by atoms with E-state index in [9.17, 15) is 0 Å². The average Bonchev–Trinajstić information content (AvgIpc) is 2.62. The largest absolute Gasteiger partial charge is 0.486 e. The molecule has 0 atom stereocenters. The van der Waals surface area contributed by atoms with E-state index in [1.807, 2.05) is 42.5 Å². The van der Waals surface area contributed by atoms with Crippen LogP contribution in [0.5, 0.6) is 5.75 Å². The highest BCUT2D eigenvalue weighted by atomic mass is 79.9. The third kappa shape index (κ3) is 5.88. The van der Waals surface area contributed by atoms with Crippen molar-refractivity contribution < 1.29 is 4.74 Å². The zero-order chi connectivity index (χ0) is 19.4. The Morgan fingerprint density at radius 1 is 0.852 bits per heavy atom. The first-order chi connectivity index (χ1) is 12.9. The minimum absolute atomic E-state index is 0.351. The van der Waals surface area contributed by atoms with E-state index in [1.165, 1.54) is 0 Å². The van der Waals surface area contributed by atoms with Gasteiger partial charge in [-0.25, -0.2) is 0 Å². The Kier molecular flexibility index (Phi) is 7.51. The lowest BCUT2D eigenvalue weighted by Crippen LogP contribution is -2.02. The Bertz CT molecular complexity index is 925. The first kappa shape index (κ1) is 21.0. The first-order valence-corrected chi connectivity index (χ1v) is 11.1. The summed E-state index contributed by atoms with van der Waals surface area (Å²) in [5.74, 6) is 0.730. The Balaban J connectivity index is 1.67. The predicted molar refractivity (Wildman–Crippen MR) is 124 cm³/mol. The summed E-state index contributed by atoms with van der Waals surface area (Å²) in [6, 6.07) is 17.5. The summed E-state index contributed by atoms with van der Waals surface area (Å²) in [5.41, 5.74) is 3.05. The highest BCUT2D eigenvalue weighted by Crippen LogP contribution is 2.36. The molecule has 140 valence electrons. The summed E-state index contributed by atoms with van der Waals surface area (Å²) in [4.78, 5) is 0. The molecule has 0 fully saturated rings. The van der Waals surface area contributed by atoms with E-state index in [1.54, 1.807) is 12.1 Å². The number of nitrogens with one attached hydrogen (secondary N) is 1. The van der Waals surface area contributed by atoms with Gasteiger partial charge in [-0.05, 0) is 86.0 Å². The summed E-state index contributed by atoms with van der Waals surface area (Å²) in [6.07, 6.45) is 0. The summed E-state index contributed by atoms with van der Waals surface area (Å²) < 4.78 is 8.75.